The molecular weight excluding hydrogens is 405 g/mol. The molecule has 2 rings (SSSR count). The summed E-state index contributed by atoms with van der Waals surface area (Å²) in [6.07, 6.45) is -0.636. The van der Waals surface area contributed by atoms with E-state index in [1.165, 1.54) is 25.1 Å². The predicted molar refractivity (Wildman–Crippen MR) is 110 cm³/mol. The summed E-state index contributed by atoms with van der Waals surface area (Å²) in [5.74, 6) is -3.52. The van der Waals surface area contributed by atoms with E-state index in [0.29, 0.717) is 0 Å². The number of halogens is 1. The molecule has 2 atom stereocenters. The molecule has 164 valence electrons. The molecule has 0 spiro atoms. The van der Waals surface area contributed by atoms with Gasteiger partial charge >= 0.3 is 5.97 Å². The van der Waals surface area contributed by atoms with Crippen LogP contribution >= 0.6 is 0 Å². The van der Waals surface area contributed by atoms with E-state index in [-0.39, 0.29) is 18.6 Å². The summed E-state index contributed by atoms with van der Waals surface area (Å²) in [5.41, 5.74) is 6.27. The third-order valence-corrected chi connectivity index (χ3v) is 4.35. The average Bonchev–Trinajstić information content (AvgIpc) is 2.73. The van der Waals surface area contributed by atoms with Crippen LogP contribution in [0.4, 0.5) is 4.39 Å². The molecule has 0 heterocycles. The van der Waals surface area contributed by atoms with Crippen molar-refractivity contribution in [2.24, 2.45) is 5.73 Å². The van der Waals surface area contributed by atoms with Crippen molar-refractivity contribution in [1.82, 2.24) is 10.6 Å². The van der Waals surface area contributed by atoms with Crippen molar-refractivity contribution in [1.29, 1.82) is 0 Å². The first kappa shape index (κ1) is 23.5. The van der Waals surface area contributed by atoms with E-state index in [4.69, 9.17) is 10.5 Å². The molecule has 0 aliphatic heterocycles. The van der Waals surface area contributed by atoms with Crippen LogP contribution in [0, 0.1) is 5.82 Å². The molecule has 8 nitrogen and oxygen atoms in total. The van der Waals surface area contributed by atoms with Crippen molar-refractivity contribution in [3.05, 3.63) is 71.5 Å². The van der Waals surface area contributed by atoms with Gasteiger partial charge in [0.05, 0.1) is 6.42 Å². The summed E-state index contributed by atoms with van der Waals surface area (Å²) >= 11 is 0. The molecule has 0 aromatic heterocycles. The quantitative estimate of drug-likeness (QED) is 0.485. The number of nitrogens with one attached hydrogen (secondary N) is 2. The van der Waals surface area contributed by atoms with Crippen LogP contribution < -0.4 is 16.4 Å². The first-order valence-corrected chi connectivity index (χ1v) is 9.56. The Kier molecular flexibility index (Phi) is 8.68. The minimum Gasteiger partial charge on any atom is -0.461 e. The van der Waals surface area contributed by atoms with E-state index < -0.39 is 48.0 Å². The second-order valence-electron chi connectivity index (χ2n) is 6.86. The van der Waals surface area contributed by atoms with Gasteiger partial charge in [0.2, 0.25) is 17.7 Å². The molecule has 0 aliphatic carbocycles. The van der Waals surface area contributed by atoms with E-state index in [1.807, 2.05) is 6.07 Å². The Labute approximate surface area is 179 Å². The highest BCUT2D eigenvalue weighted by molar-refractivity contribution is 5.93. The SMILES string of the molecule is CC(=O)N[C@H](Cc1ccccc1F)C(=O)N[C@@H](CC(=O)OCc1ccccc1)C(N)=O. The molecule has 0 bridgehead atoms. The molecule has 4 N–H and O–H groups in total. The molecule has 0 radical (unpaired) electrons. The number of hydrogen-bond donors (Lipinski definition) is 3. The number of carbonyl (C=O) groups excluding carboxylic acids is 4. The largest absolute Gasteiger partial charge is 0.461 e. The van der Waals surface area contributed by atoms with Gasteiger partial charge in [0, 0.05) is 13.3 Å². The summed E-state index contributed by atoms with van der Waals surface area (Å²) < 4.78 is 19.1. The summed E-state index contributed by atoms with van der Waals surface area (Å²) in [6.45, 7) is 1.20. The number of primary amides is 1. The zero-order chi connectivity index (χ0) is 22.8. The highest BCUT2D eigenvalue weighted by atomic mass is 19.1. The molecule has 0 fully saturated rings. The van der Waals surface area contributed by atoms with Crippen LogP contribution in [0.1, 0.15) is 24.5 Å². The third-order valence-electron chi connectivity index (χ3n) is 4.35. The number of carbonyl (C=O) groups is 4. The van der Waals surface area contributed by atoms with Crippen LogP contribution in [0.2, 0.25) is 0 Å². The number of rotatable bonds is 10. The van der Waals surface area contributed by atoms with Gasteiger partial charge < -0.3 is 21.1 Å². The summed E-state index contributed by atoms with van der Waals surface area (Å²) in [6, 6.07) is 12.2. The maximum atomic E-state index is 14.0. The van der Waals surface area contributed by atoms with Crippen LogP contribution in [-0.2, 0) is 36.9 Å². The van der Waals surface area contributed by atoms with Crippen LogP contribution in [0.3, 0.4) is 0 Å². The van der Waals surface area contributed by atoms with Crippen molar-refractivity contribution in [3.63, 3.8) is 0 Å². The monoisotopic (exact) mass is 429 g/mol. The zero-order valence-electron chi connectivity index (χ0n) is 17.0. The second-order valence-corrected chi connectivity index (χ2v) is 6.86. The predicted octanol–water partition coefficient (Wildman–Crippen LogP) is 0.976. The number of benzene rings is 2. The third kappa shape index (κ3) is 7.88. The molecular formula is C22H24FN3O5. The number of ether oxygens (including phenoxy) is 1. The molecule has 2 aromatic rings. The molecule has 0 unspecified atom stereocenters. The Bertz CT molecular complexity index is 936. The molecule has 3 amide bonds. The highest BCUT2D eigenvalue weighted by Crippen LogP contribution is 2.10. The van der Waals surface area contributed by atoms with Crippen LogP contribution in [0.5, 0.6) is 0 Å². The lowest BCUT2D eigenvalue weighted by molar-refractivity contribution is -0.147. The smallest absolute Gasteiger partial charge is 0.308 e. The van der Waals surface area contributed by atoms with E-state index in [9.17, 15) is 23.6 Å². The Morgan fingerprint density at radius 2 is 1.61 bits per heavy atom. The van der Waals surface area contributed by atoms with Gasteiger partial charge in [-0.1, -0.05) is 48.5 Å². The fourth-order valence-corrected chi connectivity index (χ4v) is 2.80. The van der Waals surface area contributed by atoms with E-state index in [2.05, 4.69) is 10.6 Å². The molecule has 0 aliphatic rings. The lowest BCUT2D eigenvalue weighted by Gasteiger charge is -2.21. The Hall–Kier alpha value is -3.75. The minimum atomic E-state index is -1.35. The fraction of sp³-hybridized carbons (Fsp3) is 0.273. The number of nitrogens with two attached hydrogens (primary N) is 1. The van der Waals surface area contributed by atoms with Crippen molar-refractivity contribution >= 4 is 23.7 Å². The lowest BCUT2D eigenvalue weighted by Crippen LogP contribution is -2.54. The highest BCUT2D eigenvalue weighted by Gasteiger charge is 2.28. The molecule has 31 heavy (non-hydrogen) atoms. The normalized spacial score (nSPS) is 12.3. The maximum absolute atomic E-state index is 14.0. The maximum Gasteiger partial charge on any atom is 0.308 e. The van der Waals surface area contributed by atoms with E-state index in [1.54, 1.807) is 30.3 Å². The zero-order valence-corrected chi connectivity index (χ0v) is 17.0. The van der Waals surface area contributed by atoms with Crippen LogP contribution in [0.25, 0.3) is 0 Å². The standard InChI is InChI=1S/C22H24FN3O5/c1-14(27)25-19(11-16-9-5-6-10-17(16)23)22(30)26-18(21(24)29)12-20(28)31-13-15-7-3-2-4-8-15/h2-10,18-19H,11-13H2,1H3,(H2,24,29)(H,25,27)(H,26,30)/t18-,19+/m0/s1. The summed E-state index contributed by atoms with van der Waals surface area (Å²) in [7, 11) is 0. The number of hydrogen-bond acceptors (Lipinski definition) is 5. The van der Waals surface area contributed by atoms with Crippen LogP contribution in [-0.4, -0.2) is 35.8 Å². The topological polar surface area (TPSA) is 128 Å². The Morgan fingerprint density at radius 1 is 0.968 bits per heavy atom. The Morgan fingerprint density at radius 3 is 2.23 bits per heavy atom. The van der Waals surface area contributed by atoms with Crippen molar-refractivity contribution < 1.29 is 28.3 Å². The average molecular weight is 429 g/mol. The Balaban J connectivity index is 2.01. The van der Waals surface area contributed by atoms with Crippen LogP contribution in [0.15, 0.2) is 54.6 Å². The molecule has 9 heteroatoms. The van der Waals surface area contributed by atoms with Crippen molar-refractivity contribution in [3.8, 4) is 0 Å². The van der Waals surface area contributed by atoms with Gasteiger partial charge in [-0.3, -0.25) is 19.2 Å². The van der Waals surface area contributed by atoms with Crippen molar-refractivity contribution in [2.75, 3.05) is 0 Å². The first-order valence-electron chi connectivity index (χ1n) is 9.56. The van der Waals surface area contributed by atoms with Gasteiger partial charge in [0.25, 0.3) is 0 Å². The summed E-state index contributed by atoms with van der Waals surface area (Å²) in [4.78, 5) is 48.0. The lowest BCUT2D eigenvalue weighted by atomic mass is 10.0. The molecule has 2 aromatic carbocycles. The molecule has 0 saturated heterocycles. The fourth-order valence-electron chi connectivity index (χ4n) is 2.80. The number of amides is 3. The van der Waals surface area contributed by atoms with Crippen molar-refractivity contribution in [2.45, 2.75) is 38.5 Å². The summed E-state index contributed by atoms with van der Waals surface area (Å²) in [5, 5.41) is 4.75. The van der Waals surface area contributed by atoms with Gasteiger partial charge in [-0.25, -0.2) is 4.39 Å². The van der Waals surface area contributed by atoms with Gasteiger partial charge in [-0.15, -0.1) is 0 Å². The minimum absolute atomic E-state index is 0.000896. The first-order chi connectivity index (χ1) is 14.8. The van der Waals surface area contributed by atoms with E-state index in [0.717, 1.165) is 5.56 Å². The van der Waals surface area contributed by atoms with Gasteiger partial charge in [0.15, 0.2) is 0 Å². The molecule has 0 saturated carbocycles. The van der Waals surface area contributed by atoms with E-state index >= 15 is 0 Å². The second kappa shape index (κ2) is 11.4. The van der Waals surface area contributed by atoms with Gasteiger partial charge in [-0.2, -0.15) is 0 Å². The van der Waals surface area contributed by atoms with Gasteiger partial charge in [0.1, 0.15) is 24.5 Å². The van der Waals surface area contributed by atoms with Gasteiger partial charge in [-0.05, 0) is 17.2 Å². The number of esters is 1.